The summed E-state index contributed by atoms with van der Waals surface area (Å²) in [6.07, 6.45) is 0.825. The van der Waals surface area contributed by atoms with Crippen LogP contribution in [0.25, 0.3) is 0 Å². The summed E-state index contributed by atoms with van der Waals surface area (Å²) >= 11 is 4.06. The van der Waals surface area contributed by atoms with Gasteiger partial charge in [-0.25, -0.2) is 0 Å². The van der Waals surface area contributed by atoms with E-state index in [9.17, 15) is 4.79 Å². The number of nitrogens with zero attached hydrogens (tertiary/aromatic N) is 1. The fourth-order valence-corrected chi connectivity index (χ4v) is 1.19. The van der Waals surface area contributed by atoms with Gasteiger partial charge in [0.25, 0.3) is 0 Å². The number of anilines is 1. The minimum atomic E-state index is 0.649. The lowest BCUT2D eigenvalue weighted by molar-refractivity contribution is -0.107. The topological polar surface area (TPSA) is 20.3 Å². The number of para-hydroxylation sites is 1. The zero-order valence-corrected chi connectivity index (χ0v) is 7.58. The van der Waals surface area contributed by atoms with Gasteiger partial charge in [-0.05, 0) is 12.1 Å². The van der Waals surface area contributed by atoms with E-state index in [2.05, 4.69) is 12.6 Å². The molecule has 0 aliphatic heterocycles. The molecule has 0 aliphatic carbocycles. The molecule has 0 spiro atoms. The van der Waals surface area contributed by atoms with Crippen LogP contribution in [0.2, 0.25) is 0 Å². The molecular formula is C9H11NOS. The van der Waals surface area contributed by atoms with Crippen molar-refractivity contribution >= 4 is 24.7 Å². The first-order chi connectivity index (χ1) is 5.88. The van der Waals surface area contributed by atoms with Crippen LogP contribution in [0.4, 0.5) is 5.69 Å². The Balaban J connectivity index is 2.73. The van der Waals surface area contributed by atoms with Gasteiger partial charge in [-0.15, -0.1) is 0 Å². The number of carbonyl (C=O) groups is 1. The normalized spacial score (nSPS) is 9.42. The molecule has 1 amide bonds. The Labute approximate surface area is 77.6 Å². The van der Waals surface area contributed by atoms with Gasteiger partial charge in [0.15, 0.2) is 0 Å². The van der Waals surface area contributed by atoms with E-state index in [0.717, 1.165) is 12.1 Å². The molecule has 0 saturated heterocycles. The average molecular weight is 181 g/mol. The van der Waals surface area contributed by atoms with E-state index in [1.165, 1.54) is 0 Å². The summed E-state index contributed by atoms with van der Waals surface area (Å²) < 4.78 is 0. The Morgan fingerprint density at radius 2 is 2.00 bits per heavy atom. The molecule has 3 heteroatoms. The van der Waals surface area contributed by atoms with Gasteiger partial charge in [0.1, 0.15) is 0 Å². The molecule has 0 atom stereocenters. The molecule has 1 aromatic rings. The minimum Gasteiger partial charge on any atom is -0.314 e. The van der Waals surface area contributed by atoms with Crippen LogP contribution in [-0.4, -0.2) is 18.7 Å². The number of rotatable bonds is 4. The highest BCUT2D eigenvalue weighted by molar-refractivity contribution is 7.80. The van der Waals surface area contributed by atoms with E-state index >= 15 is 0 Å². The number of hydrogen-bond acceptors (Lipinski definition) is 2. The van der Waals surface area contributed by atoms with Crippen LogP contribution < -0.4 is 4.90 Å². The SMILES string of the molecule is O=CN(CCS)c1ccccc1. The Kier molecular flexibility index (Phi) is 3.67. The number of carbonyl (C=O) groups excluding carboxylic acids is 1. The molecular weight excluding hydrogens is 170 g/mol. The van der Waals surface area contributed by atoms with Crippen molar-refractivity contribution in [2.24, 2.45) is 0 Å². The second-order valence-electron chi connectivity index (χ2n) is 2.36. The van der Waals surface area contributed by atoms with Crippen LogP contribution in [0.15, 0.2) is 30.3 Å². The quantitative estimate of drug-likeness (QED) is 0.552. The second-order valence-corrected chi connectivity index (χ2v) is 2.81. The van der Waals surface area contributed by atoms with Crippen molar-refractivity contribution in [3.8, 4) is 0 Å². The van der Waals surface area contributed by atoms with Gasteiger partial charge in [-0.2, -0.15) is 12.6 Å². The monoisotopic (exact) mass is 181 g/mol. The molecule has 0 unspecified atom stereocenters. The molecule has 0 aromatic heterocycles. The first-order valence-electron chi connectivity index (χ1n) is 3.76. The maximum Gasteiger partial charge on any atom is 0.214 e. The summed E-state index contributed by atoms with van der Waals surface area (Å²) in [5.74, 6) is 0.674. The summed E-state index contributed by atoms with van der Waals surface area (Å²) in [6.45, 7) is 0.649. The molecule has 0 fully saturated rings. The van der Waals surface area contributed by atoms with E-state index in [1.807, 2.05) is 30.3 Å². The van der Waals surface area contributed by atoms with Gasteiger partial charge >= 0.3 is 0 Å². The molecule has 0 aliphatic rings. The highest BCUT2D eigenvalue weighted by atomic mass is 32.1. The van der Waals surface area contributed by atoms with Crippen molar-refractivity contribution in [3.63, 3.8) is 0 Å². The van der Waals surface area contributed by atoms with E-state index in [1.54, 1.807) is 4.90 Å². The van der Waals surface area contributed by atoms with E-state index in [0.29, 0.717) is 12.3 Å². The van der Waals surface area contributed by atoms with Crippen LogP contribution in [-0.2, 0) is 4.79 Å². The largest absolute Gasteiger partial charge is 0.314 e. The summed E-state index contributed by atoms with van der Waals surface area (Å²) in [7, 11) is 0. The Bertz CT molecular complexity index is 238. The lowest BCUT2D eigenvalue weighted by atomic mass is 10.3. The number of thiol groups is 1. The van der Waals surface area contributed by atoms with Gasteiger partial charge in [0, 0.05) is 18.0 Å². The average Bonchev–Trinajstić information content (AvgIpc) is 2.15. The molecule has 0 heterocycles. The molecule has 0 N–H and O–H groups in total. The fourth-order valence-electron chi connectivity index (χ4n) is 0.970. The molecule has 1 aromatic carbocycles. The Morgan fingerprint density at radius 3 is 2.50 bits per heavy atom. The third-order valence-electron chi connectivity index (χ3n) is 1.56. The van der Waals surface area contributed by atoms with Crippen LogP contribution in [0.1, 0.15) is 0 Å². The molecule has 0 bridgehead atoms. The lowest BCUT2D eigenvalue weighted by Gasteiger charge is -2.15. The van der Waals surface area contributed by atoms with Crippen LogP contribution in [0.3, 0.4) is 0 Å². The van der Waals surface area contributed by atoms with Crippen molar-refractivity contribution in [2.45, 2.75) is 0 Å². The number of hydrogen-bond donors (Lipinski definition) is 1. The maximum atomic E-state index is 10.6. The van der Waals surface area contributed by atoms with Crippen LogP contribution in [0.5, 0.6) is 0 Å². The predicted octanol–water partition coefficient (Wildman–Crippen LogP) is 1.58. The number of benzene rings is 1. The van der Waals surface area contributed by atoms with Gasteiger partial charge in [0.2, 0.25) is 6.41 Å². The van der Waals surface area contributed by atoms with Crippen molar-refractivity contribution < 1.29 is 4.79 Å². The van der Waals surface area contributed by atoms with E-state index in [4.69, 9.17) is 0 Å². The summed E-state index contributed by atoms with van der Waals surface area (Å²) in [5, 5.41) is 0. The second kappa shape index (κ2) is 4.83. The molecule has 64 valence electrons. The summed E-state index contributed by atoms with van der Waals surface area (Å²) in [4.78, 5) is 12.2. The zero-order chi connectivity index (χ0) is 8.81. The van der Waals surface area contributed by atoms with Crippen molar-refractivity contribution in [1.82, 2.24) is 0 Å². The summed E-state index contributed by atoms with van der Waals surface area (Å²) in [5.41, 5.74) is 0.918. The molecule has 12 heavy (non-hydrogen) atoms. The van der Waals surface area contributed by atoms with E-state index in [-0.39, 0.29) is 0 Å². The predicted molar refractivity (Wildman–Crippen MR) is 53.7 cm³/mol. The van der Waals surface area contributed by atoms with E-state index < -0.39 is 0 Å². The van der Waals surface area contributed by atoms with Gasteiger partial charge in [-0.1, -0.05) is 18.2 Å². The fraction of sp³-hybridized carbons (Fsp3) is 0.222. The van der Waals surface area contributed by atoms with Crippen molar-refractivity contribution in [2.75, 3.05) is 17.2 Å². The number of amides is 1. The lowest BCUT2D eigenvalue weighted by Crippen LogP contribution is -2.23. The standard InChI is InChI=1S/C9H11NOS/c11-8-10(6-7-12)9-4-2-1-3-5-9/h1-5,8,12H,6-7H2. The Hall–Kier alpha value is -0.960. The molecule has 1 rings (SSSR count). The smallest absolute Gasteiger partial charge is 0.214 e. The third-order valence-corrected chi connectivity index (χ3v) is 1.76. The first kappa shape index (κ1) is 9.13. The van der Waals surface area contributed by atoms with Gasteiger partial charge in [-0.3, -0.25) is 4.79 Å². The van der Waals surface area contributed by atoms with Crippen LogP contribution >= 0.6 is 12.6 Å². The molecule has 0 radical (unpaired) electrons. The third kappa shape index (κ3) is 2.27. The Morgan fingerprint density at radius 1 is 1.33 bits per heavy atom. The van der Waals surface area contributed by atoms with Gasteiger partial charge in [0.05, 0.1) is 0 Å². The van der Waals surface area contributed by atoms with Crippen LogP contribution in [0, 0.1) is 0 Å². The zero-order valence-electron chi connectivity index (χ0n) is 6.68. The van der Waals surface area contributed by atoms with Gasteiger partial charge < -0.3 is 4.90 Å². The van der Waals surface area contributed by atoms with Crippen molar-refractivity contribution in [3.05, 3.63) is 30.3 Å². The highest BCUT2D eigenvalue weighted by Crippen LogP contribution is 2.10. The molecule has 0 saturated carbocycles. The maximum absolute atomic E-state index is 10.6. The highest BCUT2D eigenvalue weighted by Gasteiger charge is 2.00. The van der Waals surface area contributed by atoms with Crippen molar-refractivity contribution in [1.29, 1.82) is 0 Å². The minimum absolute atomic E-state index is 0.649. The summed E-state index contributed by atoms with van der Waals surface area (Å²) in [6, 6.07) is 9.54. The first-order valence-corrected chi connectivity index (χ1v) is 4.39. The molecule has 2 nitrogen and oxygen atoms in total.